The maximum absolute atomic E-state index is 12.8. The first-order valence-electron chi connectivity index (χ1n) is 8.32. The van der Waals surface area contributed by atoms with Crippen molar-refractivity contribution in [1.82, 2.24) is 0 Å². The summed E-state index contributed by atoms with van der Waals surface area (Å²) in [6.45, 7) is 5.85. The van der Waals surface area contributed by atoms with E-state index in [2.05, 4.69) is 27.6 Å². The van der Waals surface area contributed by atoms with E-state index in [1.54, 1.807) is 19.3 Å². The molecule has 1 aliphatic rings. The number of halogens is 1. The molecule has 0 bridgehead atoms. The van der Waals surface area contributed by atoms with Gasteiger partial charge in [0.2, 0.25) is 0 Å². The van der Waals surface area contributed by atoms with Crippen LogP contribution in [-0.2, 0) is 4.79 Å². The van der Waals surface area contributed by atoms with E-state index in [0.29, 0.717) is 29.4 Å². The molecule has 0 N–H and O–H groups in total. The summed E-state index contributed by atoms with van der Waals surface area (Å²) in [6.07, 6.45) is 3.48. The van der Waals surface area contributed by atoms with Crippen molar-refractivity contribution < 1.29 is 14.3 Å². The van der Waals surface area contributed by atoms with Crippen LogP contribution in [-0.4, -0.2) is 25.3 Å². The van der Waals surface area contributed by atoms with Crippen molar-refractivity contribution >= 4 is 39.3 Å². The Balaban J connectivity index is 1.89. The zero-order valence-electron chi connectivity index (χ0n) is 15.1. The fourth-order valence-electron chi connectivity index (χ4n) is 2.65. The molecular weight excluding hydrogens is 408 g/mol. The van der Waals surface area contributed by atoms with E-state index in [1.165, 1.54) is 5.01 Å². The normalized spacial score (nSPS) is 15.1. The molecule has 5 nitrogen and oxygen atoms in total. The predicted molar refractivity (Wildman–Crippen MR) is 111 cm³/mol. The standard InChI is InChI=1S/C21H19BrN2O3/c1-4-11-27-19-10-5-15(13-20(19)26-3)12-18-14(2)23-24(21(18)25)17-8-6-16(22)7-9-17/h4-10,12-13H,1,11H2,2-3H3/b18-12+. The molecule has 0 aliphatic carbocycles. The number of amides is 1. The number of hydrazone groups is 1. The summed E-state index contributed by atoms with van der Waals surface area (Å²) in [7, 11) is 1.58. The molecule has 1 amide bonds. The summed E-state index contributed by atoms with van der Waals surface area (Å²) in [4.78, 5) is 12.8. The maximum atomic E-state index is 12.8. The lowest BCUT2D eigenvalue weighted by atomic mass is 10.1. The van der Waals surface area contributed by atoms with Crippen LogP contribution in [0.5, 0.6) is 11.5 Å². The molecule has 0 saturated heterocycles. The minimum absolute atomic E-state index is 0.166. The highest BCUT2D eigenvalue weighted by Crippen LogP contribution is 2.31. The molecule has 6 heteroatoms. The number of carbonyl (C=O) groups excluding carboxylic acids is 1. The van der Waals surface area contributed by atoms with E-state index in [9.17, 15) is 4.79 Å². The molecule has 0 unspecified atom stereocenters. The molecule has 0 fully saturated rings. The van der Waals surface area contributed by atoms with Crippen LogP contribution in [0.2, 0.25) is 0 Å². The van der Waals surface area contributed by atoms with Crippen LogP contribution in [0.4, 0.5) is 5.69 Å². The molecule has 1 aliphatic heterocycles. The summed E-state index contributed by atoms with van der Waals surface area (Å²) in [5, 5.41) is 5.81. The van der Waals surface area contributed by atoms with E-state index < -0.39 is 0 Å². The smallest absolute Gasteiger partial charge is 0.280 e. The number of anilines is 1. The van der Waals surface area contributed by atoms with E-state index in [0.717, 1.165) is 15.7 Å². The van der Waals surface area contributed by atoms with Crippen molar-refractivity contribution in [1.29, 1.82) is 0 Å². The number of methoxy groups -OCH3 is 1. The number of nitrogens with zero attached hydrogens (tertiary/aromatic N) is 2. The van der Waals surface area contributed by atoms with Gasteiger partial charge in [0.1, 0.15) is 6.61 Å². The van der Waals surface area contributed by atoms with Gasteiger partial charge in [-0.15, -0.1) is 0 Å². The Morgan fingerprint density at radius 2 is 1.93 bits per heavy atom. The van der Waals surface area contributed by atoms with Crippen LogP contribution in [0.1, 0.15) is 12.5 Å². The molecular formula is C21H19BrN2O3. The summed E-state index contributed by atoms with van der Waals surface area (Å²) in [6, 6.07) is 13.0. The molecule has 1 heterocycles. The van der Waals surface area contributed by atoms with E-state index in [-0.39, 0.29) is 5.91 Å². The first kappa shape index (κ1) is 18.9. The first-order valence-corrected chi connectivity index (χ1v) is 9.12. The van der Waals surface area contributed by atoms with Gasteiger partial charge >= 0.3 is 0 Å². The lowest BCUT2D eigenvalue weighted by Crippen LogP contribution is -2.21. The largest absolute Gasteiger partial charge is 0.493 e. The van der Waals surface area contributed by atoms with Gasteiger partial charge in [0.05, 0.1) is 24.1 Å². The monoisotopic (exact) mass is 426 g/mol. The van der Waals surface area contributed by atoms with Crippen molar-refractivity contribution in [3.63, 3.8) is 0 Å². The summed E-state index contributed by atoms with van der Waals surface area (Å²) < 4.78 is 11.9. The lowest BCUT2D eigenvalue weighted by molar-refractivity contribution is -0.114. The van der Waals surface area contributed by atoms with Gasteiger partial charge in [-0.3, -0.25) is 4.79 Å². The fourth-order valence-corrected chi connectivity index (χ4v) is 2.91. The van der Waals surface area contributed by atoms with Gasteiger partial charge in [0.15, 0.2) is 11.5 Å². The molecule has 0 spiro atoms. The van der Waals surface area contributed by atoms with Gasteiger partial charge in [-0.25, -0.2) is 0 Å². The van der Waals surface area contributed by atoms with Crippen LogP contribution in [0, 0.1) is 0 Å². The number of hydrogen-bond acceptors (Lipinski definition) is 4. The number of ether oxygens (including phenoxy) is 2. The first-order chi connectivity index (χ1) is 13.0. The third kappa shape index (κ3) is 4.11. The average Bonchev–Trinajstić information content (AvgIpc) is 2.95. The van der Waals surface area contributed by atoms with Crippen LogP contribution in [0.3, 0.4) is 0 Å². The summed E-state index contributed by atoms with van der Waals surface area (Å²) >= 11 is 3.39. The molecule has 2 aromatic carbocycles. The number of carbonyl (C=O) groups is 1. The Morgan fingerprint density at radius 1 is 1.19 bits per heavy atom. The van der Waals surface area contributed by atoms with E-state index in [4.69, 9.17) is 9.47 Å². The molecule has 0 saturated carbocycles. The molecule has 138 valence electrons. The van der Waals surface area contributed by atoms with Crippen molar-refractivity contribution in [3.05, 3.63) is 70.7 Å². The Morgan fingerprint density at radius 3 is 2.59 bits per heavy atom. The topological polar surface area (TPSA) is 51.1 Å². The van der Waals surface area contributed by atoms with Crippen molar-refractivity contribution in [3.8, 4) is 11.5 Å². The molecule has 2 aromatic rings. The number of benzene rings is 2. The van der Waals surface area contributed by atoms with Gasteiger partial charge < -0.3 is 9.47 Å². The van der Waals surface area contributed by atoms with Gasteiger partial charge in [-0.05, 0) is 55.0 Å². The second-order valence-corrected chi connectivity index (χ2v) is 6.76. The molecule has 0 aromatic heterocycles. The van der Waals surface area contributed by atoms with Crippen molar-refractivity contribution in [2.24, 2.45) is 5.10 Å². The Bertz CT molecular complexity index is 933. The minimum Gasteiger partial charge on any atom is -0.493 e. The Hall–Kier alpha value is -2.86. The highest BCUT2D eigenvalue weighted by atomic mass is 79.9. The minimum atomic E-state index is -0.166. The third-order valence-corrected chi connectivity index (χ3v) is 4.52. The van der Waals surface area contributed by atoms with Gasteiger partial charge in [0.25, 0.3) is 5.91 Å². The highest BCUT2D eigenvalue weighted by molar-refractivity contribution is 9.10. The highest BCUT2D eigenvalue weighted by Gasteiger charge is 2.28. The summed E-state index contributed by atoms with van der Waals surface area (Å²) in [5.41, 5.74) is 2.75. The van der Waals surface area contributed by atoms with Crippen LogP contribution >= 0.6 is 15.9 Å². The molecule has 0 radical (unpaired) electrons. The van der Waals surface area contributed by atoms with Crippen LogP contribution < -0.4 is 14.5 Å². The van der Waals surface area contributed by atoms with Gasteiger partial charge in [-0.2, -0.15) is 10.1 Å². The number of hydrogen-bond donors (Lipinski definition) is 0. The van der Waals surface area contributed by atoms with Gasteiger partial charge in [-0.1, -0.05) is 34.7 Å². The number of rotatable bonds is 6. The zero-order chi connectivity index (χ0) is 19.4. The second-order valence-electron chi connectivity index (χ2n) is 5.85. The van der Waals surface area contributed by atoms with Crippen molar-refractivity contribution in [2.45, 2.75) is 6.92 Å². The predicted octanol–water partition coefficient (Wildman–Crippen LogP) is 4.83. The fraction of sp³-hybridized carbons (Fsp3) is 0.143. The average molecular weight is 427 g/mol. The lowest BCUT2D eigenvalue weighted by Gasteiger charge is -2.12. The second kappa shape index (κ2) is 8.22. The van der Waals surface area contributed by atoms with Gasteiger partial charge in [0, 0.05) is 4.47 Å². The van der Waals surface area contributed by atoms with E-state index >= 15 is 0 Å². The Kier molecular flexibility index (Phi) is 5.76. The van der Waals surface area contributed by atoms with E-state index in [1.807, 2.05) is 49.4 Å². The Labute approximate surface area is 166 Å². The zero-order valence-corrected chi connectivity index (χ0v) is 16.7. The molecule has 3 rings (SSSR count). The van der Waals surface area contributed by atoms with Crippen LogP contribution in [0.15, 0.2) is 70.3 Å². The molecule has 0 atom stereocenters. The molecule has 27 heavy (non-hydrogen) atoms. The van der Waals surface area contributed by atoms with Crippen molar-refractivity contribution in [2.75, 3.05) is 18.7 Å². The SMILES string of the molecule is C=CCOc1ccc(/C=C2/C(=O)N(c3ccc(Br)cc3)N=C2C)cc1OC. The third-order valence-electron chi connectivity index (χ3n) is 3.99. The van der Waals surface area contributed by atoms with Crippen LogP contribution in [0.25, 0.3) is 6.08 Å². The maximum Gasteiger partial charge on any atom is 0.280 e. The summed E-state index contributed by atoms with van der Waals surface area (Å²) in [5.74, 6) is 1.05. The quantitative estimate of drug-likeness (QED) is 0.490.